The smallest absolute Gasteiger partial charge is 0.231 e. The molecule has 0 radical (unpaired) electrons. The van der Waals surface area contributed by atoms with Crippen molar-refractivity contribution in [3.05, 3.63) is 11.7 Å². The van der Waals surface area contributed by atoms with Crippen LogP contribution in [0.1, 0.15) is 64.1 Å². The molecule has 0 bridgehead atoms. The number of amides is 2. The van der Waals surface area contributed by atoms with E-state index in [0.29, 0.717) is 24.8 Å². The van der Waals surface area contributed by atoms with Crippen molar-refractivity contribution in [2.24, 2.45) is 11.3 Å². The topological polar surface area (TPSA) is 79.5 Å². The molecule has 2 fully saturated rings. The van der Waals surface area contributed by atoms with Crippen LogP contribution in [0.3, 0.4) is 0 Å². The summed E-state index contributed by atoms with van der Waals surface area (Å²) in [5.41, 5.74) is -0.406. The maximum absolute atomic E-state index is 13.1. The van der Waals surface area contributed by atoms with Crippen molar-refractivity contribution in [1.29, 1.82) is 0 Å². The third-order valence-corrected chi connectivity index (χ3v) is 5.33. The zero-order valence-corrected chi connectivity index (χ0v) is 16.3. The quantitative estimate of drug-likeness (QED) is 0.807. The summed E-state index contributed by atoms with van der Waals surface area (Å²) in [6, 6.07) is 0. The second-order valence-corrected chi connectivity index (χ2v) is 8.64. The largest absolute Gasteiger partial charge is 0.342 e. The van der Waals surface area contributed by atoms with Crippen LogP contribution in [0.15, 0.2) is 4.52 Å². The van der Waals surface area contributed by atoms with Crippen molar-refractivity contribution in [1.82, 2.24) is 19.9 Å². The minimum atomic E-state index is -0.406. The minimum Gasteiger partial charge on any atom is -0.342 e. The Balaban J connectivity index is 1.63. The highest BCUT2D eigenvalue weighted by atomic mass is 16.5. The van der Waals surface area contributed by atoms with Gasteiger partial charge in [0.2, 0.25) is 17.7 Å². The lowest BCUT2D eigenvalue weighted by atomic mass is 9.90. The third kappa shape index (κ3) is 4.07. The van der Waals surface area contributed by atoms with Crippen LogP contribution < -0.4 is 0 Å². The second kappa shape index (κ2) is 7.37. The molecule has 0 N–H and O–H groups in total. The zero-order chi connectivity index (χ0) is 18.9. The molecule has 3 rings (SSSR count). The third-order valence-electron chi connectivity index (χ3n) is 5.33. The summed E-state index contributed by atoms with van der Waals surface area (Å²) in [7, 11) is 0. The van der Waals surface area contributed by atoms with Crippen LogP contribution in [0.4, 0.5) is 0 Å². The van der Waals surface area contributed by atoms with Gasteiger partial charge >= 0.3 is 0 Å². The number of hydrogen-bond acceptors (Lipinski definition) is 5. The number of piperidine rings is 2. The number of aromatic nitrogens is 2. The Labute approximate surface area is 155 Å². The van der Waals surface area contributed by atoms with E-state index in [2.05, 4.69) is 10.1 Å². The summed E-state index contributed by atoms with van der Waals surface area (Å²) in [6.45, 7) is 10.3. The van der Waals surface area contributed by atoms with Crippen molar-refractivity contribution in [3.8, 4) is 0 Å². The van der Waals surface area contributed by atoms with E-state index >= 15 is 0 Å². The molecular formula is C19H30N4O3. The van der Waals surface area contributed by atoms with Gasteiger partial charge in [-0.25, -0.2) is 0 Å². The molecule has 1 aromatic heterocycles. The van der Waals surface area contributed by atoms with E-state index in [1.807, 2.05) is 37.5 Å². The molecule has 2 saturated heterocycles. The van der Waals surface area contributed by atoms with Gasteiger partial charge < -0.3 is 14.3 Å². The molecule has 2 amide bonds. The highest BCUT2D eigenvalue weighted by molar-refractivity contribution is 5.84. The maximum atomic E-state index is 13.1. The van der Waals surface area contributed by atoms with Crippen molar-refractivity contribution in [3.63, 3.8) is 0 Å². The molecule has 144 valence electrons. The fraction of sp³-hybridized carbons (Fsp3) is 0.789. The van der Waals surface area contributed by atoms with Crippen LogP contribution >= 0.6 is 0 Å². The standard InChI is InChI=1S/C19H30N4O3/c1-13-20-16(26-21-13)14-7-5-9-22(11-14)17(24)15-8-6-10-23(12-15)18(25)19(2,3)4/h14-15H,5-12H2,1-4H3. The minimum absolute atomic E-state index is 0.0989. The van der Waals surface area contributed by atoms with Gasteiger partial charge in [0.15, 0.2) is 5.82 Å². The molecule has 0 saturated carbocycles. The molecule has 2 unspecified atom stereocenters. The maximum Gasteiger partial charge on any atom is 0.231 e. The molecule has 2 aliphatic rings. The monoisotopic (exact) mass is 362 g/mol. The molecule has 3 heterocycles. The van der Waals surface area contributed by atoms with E-state index in [1.54, 1.807) is 0 Å². The van der Waals surface area contributed by atoms with E-state index in [-0.39, 0.29) is 23.7 Å². The summed E-state index contributed by atoms with van der Waals surface area (Å²) < 4.78 is 5.31. The van der Waals surface area contributed by atoms with Crippen LogP contribution in [0.2, 0.25) is 0 Å². The summed E-state index contributed by atoms with van der Waals surface area (Å²) in [6.07, 6.45) is 3.64. The number of aryl methyl sites for hydroxylation is 1. The van der Waals surface area contributed by atoms with Gasteiger partial charge in [-0.3, -0.25) is 9.59 Å². The Morgan fingerprint density at radius 2 is 1.77 bits per heavy atom. The van der Waals surface area contributed by atoms with Crippen molar-refractivity contribution < 1.29 is 14.1 Å². The Bertz CT molecular complexity index is 664. The Hall–Kier alpha value is -1.92. The first kappa shape index (κ1) is 18.9. The lowest BCUT2D eigenvalue weighted by Crippen LogP contribution is -2.50. The molecule has 2 atom stereocenters. The van der Waals surface area contributed by atoms with Gasteiger partial charge in [0.1, 0.15) is 0 Å². The van der Waals surface area contributed by atoms with Gasteiger partial charge in [-0.05, 0) is 32.6 Å². The predicted molar refractivity (Wildman–Crippen MR) is 96.3 cm³/mol. The van der Waals surface area contributed by atoms with Crippen LogP contribution in [-0.2, 0) is 9.59 Å². The first-order valence-electron chi connectivity index (χ1n) is 9.64. The number of nitrogens with zero attached hydrogens (tertiary/aromatic N) is 4. The Morgan fingerprint density at radius 3 is 2.42 bits per heavy atom. The molecule has 1 aromatic rings. The van der Waals surface area contributed by atoms with Crippen LogP contribution in [0.25, 0.3) is 0 Å². The number of rotatable bonds is 2. The fourth-order valence-corrected chi connectivity index (χ4v) is 3.95. The van der Waals surface area contributed by atoms with Gasteiger partial charge in [-0.15, -0.1) is 0 Å². The summed E-state index contributed by atoms with van der Waals surface area (Å²) in [5.74, 6) is 1.58. The molecule has 7 heteroatoms. The molecule has 0 aliphatic carbocycles. The summed E-state index contributed by atoms with van der Waals surface area (Å²) in [4.78, 5) is 33.8. The number of likely N-dealkylation sites (tertiary alicyclic amines) is 2. The van der Waals surface area contributed by atoms with E-state index in [9.17, 15) is 9.59 Å². The highest BCUT2D eigenvalue weighted by Gasteiger charge is 2.36. The lowest BCUT2D eigenvalue weighted by Gasteiger charge is -2.39. The predicted octanol–water partition coefficient (Wildman–Crippen LogP) is 2.37. The fourth-order valence-electron chi connectivity index (χ4n) is 3.95. The molecule has 7 nitrogen and oxygen atoms in total. The molecule has 0 aromatic carbocycles. The highest BCUT2D eigenvalue weighted by Crippen LogP contribution is 2.29. The van der Waals surface area contributed by atoms with Gasteiger partial charge in [0, 0.05) is 31.6 Å². The van der Waals surface area contributed by atoms with E-state index in [4.69, 9.17) is 4.52 Å². The average molecular weight is 362 g/mol. The first-order valence-corrected chi connectivity index (χ1v) is 9.64. The van der Waals surface area contributed by atoms with Crippen LogP contribution in [-0.4, -0.2) is 57.9 Å². The van der Waals surface area contributed by atoms with E-state index < -0.39 is 5.41 Å². The van der Waals surface area contributed by atoms with Gasteiger partial charge in [-0.1, -0.05) is 25.9 Å². The van der Waals surface area contributed by atoms with E-state index in [0.717, 1.165) is 38.8 Å². The van der Waals surface area contributed by atoms with E-state index in [1.165, 1.54) is 0 Å². The van der Waals surface area contributed by atoms with Crippen molar-refractivity contribution in [2.75, 3.05) is 26.2 Å². The Morgan fingerprint density at radius 1 is 1.08 bits per heavy atom. The molecule has 0 spiro atoms. The molecule has 2 aliphatic heterocycles. The summed E-state index contributed by atoms with van der Waals surface area (Å²) >= 11 is 0. The van der Waals surface area contributed by atoms with Gasteiger partial charge in [0.25, 0.3) is 0 Å². The number of carbonyl (C=O) groups excluding carboxylic acids is 2. The van der Waals surface area contributed by atoms with Crippen molar-refractivity contribution in [2.45, 2.75) is 59.3 Å². The average Bonchev–Trinajstić information content (AvgIpc) is 3.06. The zero-order valence-electron chi connectivity index (χ0n) is 16.3. The van der Waals surface area contributed by atoms with Crippen molar-refractivity contribution >= 4 is 11.8 Å². The number of hydrogen-bond donors (Lipinski definition) is 0. The van der Waals surface area contributed by atoms with Crippen LogP contribution in [0.5, 0.6) is 0 Å². The SMILES string of the molecule is Cc1noc(C2CCCN(C(=O)C3CCCN(C(=O)C(C)(C)C)C3)C2)n1. The Kier molecular flexibility index (Phi) is 5.34. The van der Waals surface area contributed by atoms with Gasteiger partial charge in [-0.2, -0.15) is 4.98 Å². The summed E-state index contributed by atoms with van der Waals surface area (Å²) in [5, 5.41) is 3.87. The number of carbonyl (C=O) groups is 2. The lowest BCUT2D eigenvalue weighted by molar-refractivity contribution is -0.145. The second-order valence-electron chi connectivity index (χ2n) is 8.64. The van der Waals surface area contributed by atoms with Gasteiger partial charge in [0.05, 0.1) is 11.8 Å². The van der Waals surface area contributed by atoms with Crippen LogP contribution in [0, 0.1) is 18.3 Å². The molecular weight excluding hydrogens is 332 g/mol. The first-order chi connectivity index (χ1) is 12.3. The molecule has 26 heavy (non-hydrogen) atoms. The normalized spacial score (nSPS) is 24.6.